The molecule has 11 heteroatoms. The van der Waals surface area contributed by atoms with Gasteiger partial charge in [-0.2, -0.15) is 13.2 Å². The molecule has 0 spiro atoms. The van der Waals surface area contributed by atoms with Crippen LogP contribution in [0.2, 0.25) is 0 Å². The number of anilines is 1. The summed E-state index contributed by atoms with van der Waals surface area (Å²) < 4.78 is 53.0. The highest BCUT2D eigenvalue weighted by Gasteiger charge is 2.40. The van der Waals surface area contributed by atoms with Crippen molar-refractivity contribution in [2.75, 3.05) is 57.5 Å². The molecular formula is C28H31F3N4O3S. The maximum absolute atomic E-state index is 14.1. The molecule has 3 heterocycles. The van der Waals surface area contributed by atoms with Crippen molar-refractivity contribution in [1.29, 1.82) is 0 Å². The molecule has 1 atom stereocenters. The Labute approximate surface area is 229 Å². The van der Waals surface area contributed by atoms with Crippen LogP contribution in [0.25, 0.3) is 10.6 Å². The van der Waals surface area contributed by atoms with Gasteiger partial charge in [-0.05, 0) is 30.2 Å². The molecule has 0 saturated carbocycles. The average Bonchev–Trinajstić information content (AvgIpc) is 3.41. The molecule has 0 aliphatic carbocycles. The summed E-state index contributed by atoms with van der Waals surface area (Å²) in [7, 11) is 0. The second-order valence-corrected chi connectivity index (χ2v) is 10.6. The third kappa shape index (κ3) is 6.60. The standard InChI is InChI=1S/C28H31F3N4O3S/c1-19(20-6-4-7-22(17-20)35-11-15-38-16-12-35)32-26(36)24-25(28(29,30)31)33-27(39-24)23-8-3-2-5-21(23)18-34-9-13-37-14-10-34/h2-8,17,19H,9-16,18H2,1H3,(H,32,36)/t19-/m0/s1. The first-order valence-corrected chi connectivity index (χ1v) is 13.8. The van der Waals surface area contributed by atoms with Gasteiger partial charge in [-0.1, -0.05) is 36.4 Å². The number of nitrogens with one attached hydrogen (secondary N) is 1. The highest BCUT2D eigenvalue weighted by molar-refractivity contribution is 7.17. The largest absolute Gasteiger partial charge is 0.435 e. The highest BCUT2D eigenvalue weighted by atomic mass is 32.1. The van der Waals surface area contributed by atoms with Gasteiger partial charge in [0.2, 0.25) is 0 Å². The van der Waals surface area contributed by atoms with Gasteiger partial charge in [-0.25, -0.2) is 4.98 Å². The molecule has 2 fully saturated rings. The van der Waals surface area contributed by atoms with Crippen LogP contribution in [-0.4, -0.2) is 68.4 Å². The number of carbonyl (C=O) groups is 1. The van der Waals surface area contributed by atoms with E-state index in [1.54, 1.807) is 19.1 Å². The van der Waals surface area contributed by atoms with E-state index in [1.807, 2.05) is 36.4 Å². The Hall–Kier alpha value is -2.99. The SMILES string of the molecule is C[C@H](NC(=O)c1sc(-c2ccccc2CN2CCOCC2)nc1C(F)(F)F)c1cccc(N2CCOCC2)c1. The van der Waals surface area contributed by atoms with Crippen LogP contribution in [0.4, 0.5) is 18.9 Å². The van der Waals surface area contributed by atoms with Crippen molar-refractivity contribution >= 4 is 22.9 Å². The first-order chi connectivity index (χ1) is 18.8. The third-order valence-electron chi connectivity index (χ3n) is 6.94. The van der Waals surface area contributed by atoms with E-state index >= 15 is 0 Å². The summed E-state index contributed by atoms with van der Waals surface area (Å²) in [5, 5.41) is 2.95. The minimum atomic E-state index is -4.76. The van der Waals surface area contributed by atoms with E-state index in [4.69, 9.17) is 9.47 Å². The van der Waals surface area contributed by atoms with Crippen molar-refractivity contribution in [3.8, 4) is 10.6 Å². The molecule has 1 N–H and O–H groups in total. The number of alkyl halides is 3. The van der Waals surface area contributed by atoms with Gasteiger partial charge >= 0.3 is 6.18 Å². The van der Waals surface area contributed by atoms with Gasteiger partial charge in [0.05, 0.1) is 32.5 Å². The molecule has 2 aliphatic heterocycles. The third-order valence-corrected chi connectivity index (χ3v) is 8.03. The van der Waals surface area contributed by atoms with Crippen LogP contribution in [0.3, 0.4) is 0 Å². The molecule has 39 heavy (non-hydrogen) atoms. The van der Waals surface area contributed by atoms with Gasteiger partial charge in [-0.15, -0.1) is 11.3 Å². The van der Waals surface area contributed by atoms with E-state index in [0.29, 0.717) is 38.5 Å². The number of benzene rings is 2. The summed E-state index contributed by atoms with van der Waals surface area (Å²) in [6.45, 7) is 7.87. The summed E-state index contributed by atoms with van der Waals surface area (Å²) in [6, 6.07) is 14.5. The lowest BCUT2D eigenvalue weighted by molar-refractivity contribution is -0.141. The van der Waals surface area contributed by atoms with Gasteiger partial charge in [0.1, 0.15) is 9.88 Å². The number of hydrogen-bond donors (Lipinski definition) is 1. The fourth-order valence-corrected chi connectivity index (χ4v) is 5.86. The normalized spacial score (nSPS) is 17.7. The van der Waals surface area contributed by atoms with E-state index in [0.717, 1.165) is 54.3 Å². The molecule has 0 bridgehead atoms. The number of rotatable bonds is 7. The Bertz CT molecular complexity index is 1290. The van der Waals surface area contributed by atoms with Crippen molar-refractivity contribution in [1.82, 2.24) is 15.2 Å². The predicted octanol–water partition coefficient (Wildman–Crippen LogP) is 4.99. The Morgan fingerprint density at radius 3 is 2.44 bits per heavy atom. The van der Waals surface area contributed by atoms with Crippen LogP contribution in [0, 0.1) is 0 Å². The van der Waals surface area contributed by atoms with Gasteiger partial charge in [0, 0.05) is 44.0 Å². The van der Waals surface area contributed by atoms with Crippen molar-refractivity contribution < 1.29 is 27.4 Å². The lowest BCUT2D eigenvalue weighted by atomic mass is 10.1. The molecule has 2 aliphatic rings. The summed E-state index contributed by atoms with van der Waals surface area (Å²) in [4.78, 5) is 21.1. The average molecular weight is 561 g/mol. The first-order valence-electron chi connectivity index (χ1n) is 13.0. The van der Waals surface area contributed by atoms with Crippen LogP contribution >= 0.6 is 11.3 Å². The zero-order valence-electron chi connectivity index (χ0n) is 21.7. The van der Waals surface area contributed by atoms with Crippen molar-refractivity contribution in [3.63, 3.8) is 0 Å². The van der Waals surface area contributed by atoms with E-state index in [9.17, 15) is 18.0 Å². The molecule has 2 aromatic carbocycles. The van der Waals surface area contributed by atoms with Gasteiger partial charge in [0.15, 0.2) is 5.69 Å². The van der Waals surface area contributed by atoms with Crippen LogP contribution < -0.4 is 10.2 Å². The van der Waals surface area contributed by atoms with Crippen LogP contribution in [0.5, 0.6) is 0 Å². The van der Waals surface area contributed by atoms with E-state index in [1.165, 1.54) is 0 Å². The summed E-state index contributed by atoms with van der Waals surface area (Å²) in [6.07, 6.45) is -4.76. The smallest absolute Gasteiger partial charge is 0.379 e. The zero-order chi connectivity index (χ0) is 27.4. The van der Waals surface area contributed by atoms with Gasteiger partial charge in [0.25, 0.3) is 5.91 Å². The van der Waals surface area contributed by atoms with Crippen LogP contribution in [-0.2, 0) is 22.2 Å². The molecular weight excluding hydrogens is 529 g/mol. The fourth-order valence-electron chi connectivity index (χ4n) is 4.81. The monoisotopic (exact) mass is 560 g/mol. The fraction of sp³-hybridized carbons (Fsp3) is 0.429. The zero-order valence-corrected chi connectivity index (χ0v) is 22.5. The molecule has 0 radical (unpaired) electrons. The lowest BCUT2D eigenvalue weighted by Gasteiger charge is -2.29. The van der Waals surface area contributed by atoms with Crippen LogP contribution in [0.1, 0.15) is 39.5 Å². The maximum Gasteiger partial charge on any atom is 0.435 e. The minimum absolute atomic E-state index is 0.179. The van der Waals surface area contributed by atoms with E-state index in [2.05, 4.69) is 20.1 Å². The van der Waals surface area contributed by atoms with E-state index in [-0.39, 0.29) is 5.01 Å². The summed E-state index contributed by atoms with van der Waals surface area (Å²) in [5.74, 6) is -0.791. The van der Waals surface area contributed by atoms with Crippen molar-refractivity contribution in [2.45, 2.75) is 25.7 Å². The lowest BCUT2D eigenvalue weighted by Crippen LogP contribution is -2.36. The molecule has 3 aromatic rings. The Morgan fingerprint density at radius 2 is 1.72 bits per heavy atom. The predicted molar refractivity (Wildman–Crippen MR) is 144 cm³/mol. The number of thiazole rings is 1. The second kappa shape index (κ2) is 12.0. The van der Waals surface area contributed by atoms with Crippen molar-refractivity contribution in [2.24, 2.45) is 0 Å². The molecule has 0 unspecified atom stereocenters. The molecule has 1 amide bonds. The van der Waals surface area contributed by atoms with Crippen molar-refractivity contribution in [3.05, 3.63) is 70.2 Å². The molecule has 7 nitrogen and oxygen atoms in total. The van der Waals surface area contributed by atoms with Gasteiger partial charge in [-0.3, -0.25) is 9.69 Å². The summed E-state index contributed by atoms with van der Waals surface area (Å²) >= 11 is 0.778. The first kappa shape index (κ1) is 27.6. The molecule has 1 aromatic heterocycles. The maximum atomic E-state index is 14.1. The number of carbonyl (C=O) groups excluding carboxylic acids is 1. The Kier molecular flexibility index (Phi) is 8.51. The molecule has 208 valence electrons. The number of hydrogen-bond acceptors (Lipinski definition) is 7. The number of aromatic nitrogens is 1. The van der Waals surface area contributed by atoms with Gasteiger partial charge < -0.3 is 19.7 Å². The summed E-state index contributed by atoms with van der Waals surface area (Å²) in [5.41, 5.74) is 2.11. The highest BCUT2D eigenvalue weighted by Crippen LogP contribution is 2.39. The van der Waals surface area contributed by atoms with Crippen LogP contribution in [0.15, 0.2) is 48.5 Å². The Morgan fingerprint density at radius 1 is 1.03 bits per heavy atom. The Balaban J connectivity index is 1.38. The minimum Gasteiger partial charge on any atom is -0.379 e. The molecule has 2 saturated heterocycles. The van der Waals surface area contributed by atoms with E-state index < -0.39 is 28.7 Å². The quantitative estimate of drug-likeness (QED) is 0.439. The number of halogens is 3. The number of morpholine rings is 2. The number of amides is 1. The number of ether oxygens (including phenoxy) is 2. The second-order valence-electron chi connectivity index (χ2n) is 9.63. The molecule has 5 rings (SSSR count). The topological polar surface area (TPSA) is 66.9 Å². The number of nitrogens with zero attached hydrogens (tertiary/aromatic N) is 3.